The molecule has 0 saturated heterocycles. The van der Waals surface area contributed by atoms with Crippen molar-refractivity contribution in [3.8, 4) is 0 Å². The Morgan fingerprint density at radius 1 is 1.25 bits per heavy atom. The highest BCUT2D eigenvalue weighted by atomic mass is 15.2. The van der Waals surface area contributed by atoms with Gasteiger partial charge in [-0.2, -0.15) is 5.10 Å². The molecule has 0 fully saturated rings. The van der Waals surface area contributed by atoms with Crippen molar-refractivity contribution in [3.05, 3.63) is 35.7 Å². The molecule has 0 saturated carbocycles. The Balaban J connectivity index is 2.80. The fourth-order valence-corrected chi connectivity index (χ4v) is 2.28. The highest BCUT2D eigenvalue weighted by Crippen LogP contribution is 2.34. The topological polar surface area (TPSA) is 17.3 Å². The van der Waals surface area contributed by atoms with Crippen LogP contribution in [0.2, 0.25) is 0 Å². The lowest BCUT2D eigenvalue weighted by Gasteiger charge is -2.21. The summed E-state index contributed by atoms with van der Waals surface area (Å²) in [6.45, 7) is 11.3. The third kappa shape index (κ3) is 1.73. The van der Waals surface area contributed by atoms with Crippen LogP contribution in [0, 0.1) is 0 Å². The van der Waals surface area contributed by atoms with Crippen molar-refractivity contribution in [1.82, 2.24) is 9.61 Å². The molecule has 0 aromatic carbocycles. The molecule has 2 aromatic rings. The van der Waals surface area contributed by atoms with Crippen LogP contribution in [0.25, 0.3) is 5.52 Å². The van der Waals surface area contributed by atoms with E-state index in [1.54, 1.807) is 0 Å². The molecule has 0 aliphatic heterocycles. The lowest BCUT2D eigenvalue weighted by Crippen LogP contribution is -2.13. The molecule has 0 aliphatic rings. The largest absolute Gasteiger partial charge is 0.240 e. The lowest BCUT2D eigenvalue weighted by atomic mass is 9.82. The molecule has 16 heavy (non-hydrogen) atoms. The Bertz CT molecular complexity index is 501. The summed E-state index contributed by atoms with van der Waals surface area (Å²) < 4.78 is 2.00. The zero-order chi connectivity index (χ0) is 11.9. The van der Waals surface area contributed by atoms with Gasteiger partial charge < -0.3 is 0 Å². The van der Waals surface area contributed by atoms with E-state index < -0.39 is 0 Å². The maximum Gasteiger partial charge on any atom is 0.0686 e. The first-order valence-corrected chi connectivity index (χ1v) is 5.88. The molecule has 2 heteroatoms. The summed E-state index contributed by atoms with van der Waals surface area (Å²) in [5.74, 6) is 0.538. The second kappa shape index (κ2) is 3.62. The van der Waals surface area contributed by atoms with Crippen molar-refractivity contribution in [2.24, 2.45) is 0 Å². The summed E-state index contributed by atoms with van der Waals surface area (Å²) in [7, 11) is 0. The molecule has 0 amide bonds. The molecule has 0 bridgehead atoms. The highest BCUT2D eigenvalue weighted by molar-refractivity contribution is 5.61. The van der Waals surface area contributed by atoms with Gasteiger partial charge in [-0.3, -0.25) is 0 Å². The third-order valence-corrected chi connectivity index (χ3v) is 2.96. The normalized spacial score (nSPS) is 12.6. The Labute approximate surface area is 97.3 Å². The molecule has 2 heterocycles. The van der Waals surface area contributed by atoms with Crippen LogP contribution in [-0.2, 0) is 5.41 Å². The van der Waals surface area contributed by atoms with Crippen molar-refractivity contribution < 1.29 is 0 Å². The summed E-state index contributed by atoms with van der Waals surface area (Å²) in [6.07, 6.45) is 4.00. The first kappa shape index (κ1) is 11.2. The van der Waals surface area contributed by atoms with Gasteiger partial charge in [0, 0.05) is 12.4 Å². The molecule has 2 aromatic heterocycles. The van der Waals surface area contributed by atoms with Crippen molar-refractivity contribution in [2.75, 3.05) is 0 Å². The number of hydrogen-bond donors (Lipinski definition) is 0. The zero-order valence-corrected chi connectivity index (χ0v) is 10.8. The van der Waals surface area contributed by atoms with Gasteiger partial charge in [-0.15, -0.1) is 0 Å². The van der Waals surface area contributed by atoms with Crippen molar-refractivity contribution in [1.29, 1.82) is 0 Å². The van der Waals surface area contributed by atoms with Crippen LogP contribution in [-0.4, -0.2) is 9.61 Å². The van der Waals surface area contributed by atoms with Gasteiger partial charge in [0.05, 0.1) is 5.52 Å². The number of hydrogen-bond acceptors (Lipinski definition) is 1. The van der Waals surface area contributed by atoms with Crippen LogP contribution >= 0.6 is 0 Å². The summed E-state index contributed by atoms with van der Waals surface area (Å²) in [4.78, 5) is 0. The van der Waals surface area contributed by atoms with E-state index in [9.17, 15) is 0 Å². The minimum atomic E-state index is 0.164. The van der Waals surface area contributed by atoms with E-state index >= 15 is 0 Å². The Hall–Kier alpha value is -1.31. The van der Waals surface area contributed by atoms with Crippen molar-refractivity contribution in [3.63, 3.8) is 0 Å². The van der Waals surface area contributed by atoms with E-state index in [4.69, 9.17) is 0 Å². The molecule has 86 valence electrons. The summed E-state index contributed by atoms with van der Waals surface area (Å²) >= 11 is 0. The fourth-order valence-electron chi connectivity index (χ4n) is 2.28. The molecule has 0 unspecified atom stereocenters. The maximum absolute atomic E-state index is 4.38. The van der Waals surface area contributed by atoms with Gasteiger partial charge in [0.15, 0.2) is 0 Å². The minimum Gasteiger partial charge on any atom is -0.240 e. The van der Waals surface area contributed by atoms with Gasteiger partial charge in [0.25, 0.3) is 0 Å². The van der Waals surface area contributed by atoms with Gasteiger partial charge in [0.1, 0.15) is 0 Å². The number of rotatable bonds is 1. The van der Waals surface area contributed by atoms with Crippen molar-refractivity contribution in [2.45, 2.75) is 46.0 Å². The van der Waals surface area contributed by atoms with E-state index in [2.05, 4.69) is 52.0 Å². The third-order valence-electron chi connectivity index (χ3n) is 2.96. The van der Waals surface area contributed by atoms with Gasteiger partial charge in [-0.05, 0) is 34.6 Å². The van der Waals surface area contributed by atoms with Gasteiger partial charge >= 0.3 is 0 Å². The first-order chi connectivity index (χ1) is 7.41. The minimum absolute atomic E-state index is 0.164. The monoisotopic (exact) mass is 216 g/mol. The lowest BCUT2D eigenvalue weighted by molar-refractivity contribution is 0.584. The van der Waals surface area contributed by atoms with E-state index in [1.807, 2.05) is 16.8 Å². The molecular weight excluding hydrogens is 196 g/mol. The quantitative estimate of drug-likeness (QED) is 0.709. The van der Waals surface area contributed by atoms with E-state index in [-0.39, 0.29) is 5.41 Å². The molecule has 0 atom stereocenters. The zero-order valence-electron chi connectivity index (χ0n) is 10.8. The maximum atomic E-state index is 4.38. The number of fused-ring (bicyclic) bond motifs is 1. The van der Waals surface area contributed by atoms with Crippen LogP contribution in [0.1, 0.15) is 51.7 Å². The van der Waals surface area contributed by atoms with Crippen LogP contribution in [0.3, 0.4) is 0 Å². The average Bonchev–Trinajstić information content (AvgIpc) is 2.55. The molecule has 2 nitrogen and oxygen atoms in total. The van der Waals surface area contributed by atoms with E-state index in [1.165, 1.54) is 16.6 Å². The Morgan fingerprint density at radius 2 is 1.94 bits per heavy atom. The molecule has 0 N–H and O–H groups in total. The Morgan fingerprint density at radius 3 is 2.50 bits per heavy atom. The first-order valence-electron chi connectivity index (χ1n) is 5.88. The number of nitrogens with zero attached hydrogens (tertiary/aromatic N) is 2. The highest BCUT2D eigenvalue weighted by Gasteiger charge is 2.24. The van der Waals surface area contributed by atoms with Crippen LogP contribution < -0.4 is 0 Å². The van der Waals surface area contributed by atoms with Crippen LogP contribution in [0.5, 0.6) is 0 Å². The van der Waals surface area contributed by atoms with E-state index in [0.717, 1.165) is 0 Å². The van der Waals surface area contributed by atoms with Gasteiger partial charge in [-0.1, -0.05) is 34.6 Å². The standard InChI is InChI=1S/C14H20N2/c1-10(2)11-9-16-12(7-6-8-15-16)13(11)14(3,4)5/h6-10H,1-5H3. The second-order valence-corrected chi connectivity index (χ2v) is 5.72. The summed E-state index contributed by atoms with van der Waals surface area (Å²) in [5.41, 5.74) is 4.23. The second-order valence-electron chi connectivity index (χ2n) is 5.72. The smallest absolute Gasteiger partial charge is 0.0686 e. The van der Waals surface area contributed by atoms with E-state index in [0.29, 0.717) is 5.92 Å². The van der Waals surface area contributed by atoms with Crippen LogP contribution in [0.4, 0.5) is 0 Å². The van der Waals surface area contributed by atoms with Crippen LogP contribution in [0.15, 0.2) is 24.5 Å². The van der Waals surface area contributed by atoms with Crippen molar-refractivity contribution >= 4 is 5.52 Å². The Kier molecular flexibility index (Phi) is 2.53. The SMILES string of the molecule is CC(C)c1cn2ncccc2c1C(C)(C)C. The molecule has 0 aliphatic carbocycles. The summed E-state index contributed by atoms with van der Waals surface area (Å²) in [6, 6.07) is 4.16. The molecular formula is C14H20N2. The predicted molar refractivity (Wildman–Crippen MR) is 68.0 cm³/mol. The molecule has 2 rings (SSSR count). The van der Waals surface area contributed by atoms with Gasteiger partial charge in [0.2, 0.25) is 0 Å². The molecule has 0 radical (unpaired) electrons. The fraction of sp³-hybridized carbons (Fsp3) is 0.500. The van der Waals surface area contributed by atoms with Gasteiger partial charge in [-0.25, -0.2) is 4.52 Å². The molecule has 0 spiro atoms. The average molecular weight is 216 g/mol. The summed E-state index contributed by atoms with van der Waals surface area (Å²) in [5, 5.41) is 4.38. The number of aromatic nitrogens is 2. The predicted octanol–water partition coefficient (Wildman–Crippen LogP) is 3.76.